The van der Waals surface area contributed by atoms with Gasteiger partial charge in [0.2, 0.25) is 0 Å². The molecule has 0 radical (unpaired) electrons. The highest BCUT2D eigenvalue weighted by molar-refractivity contribution is 5.66. The standard InChI is InChI=1S/C21H32O5/c1-11(22)26-13-6-7-20(2)12(8-13)9-15(23)18-14-4-5-17(25)21(14,3)10-16(24)19(18)20/h9,13-19,23-25H,4-8,10H2,1-3H3/t13-,14?,15?,16?,17-,18?,19?,20-,21-/m0/s1. The second-order valence-corrected chi connectivity index (χ2v) is 9.65. The van der Waals surface area contributed by atoms with Crippen molar-refractivity contribution in [1.29, 1.82) is 0 Å². The summed E-state index contributed by atoms with van der Waals surface area (Å²) in [6.45, 7) is 5.73. The lowest BCUT2D eigenvalue weighted by Gasteiger charge is -2.60. The van der Waals surface area contributed by atoms with Crippen LogP contribution in [0.3, 0.4) is 0 Å². The van der Waals surface area contributed by atoms with E-state index in [-0.39, 0.29) is 40.7 Å². The topological polar surface area (TPSA) is 87.0 Å². The van der Waals surface area contributed by atoms with Crippen LogP contribution < -0.4 is 0 Å². The lowest BCUT2D eigenvalue weighted by molar-refractivity contribution is -0.165. The van der Waals surface area contributed by atoms with Gasteiger partial charge < -0.3 is 20.1 Å². The Bertz CT molecular complexity index is 630. The summed E-state index contributed by atoms with van der Waals surface area (Å²) in [4.78, 5) is 11.3. The van der Waals surface area contributed by atoms with Gasteiger partial charge in [-0.1, -0.05) is 25.5 Å². The van der Waals surface area contributed by atoms with E-state index in [9.17, 15) is 20.1 Å². The summed E-state index contributed by atoms with van der Waals surface area (Å²) in [5.74, 6) is -0.0392. The van der Waals surface area contributed by atoms with Crippen LogP contribution >= 0.6 is 0 Å². The number of fused-ring (bicyclic) bond motifs is 5. The summed E-state index contributed by atoms with van der Waals surface area (Å²) in [7, 11) is 0. The summed E-state index contributed by atoms with van der Waals surface area (Å²) < 4.78 is 5.43. The molecule has 0 aromatic rings. The molecule has 3 N–H and O–H groups in total. The van der Waals surface area contributed by atoms with Gasteiger partial charge in [-0.2, -0.15) is 0 Å². The third kappa shape index (κ3) is 2.50. The van der Waals surface area contributed by atoms with Crippen molar-refractivity contribution in [1.82, 2.24) is 0 Å². The number of hydrogen-bond acceptors (Lipinski definition) is 5. The molecular weight excluding hydrogens is 332 g/mol. The number of aliphatic hydroxyl groups is 3. The molecule has 4 aliphatic rings. The maximum absolute atomic E-state index is 11.3. The largest absolute Gasteiger partial charge is 0.462 e. The molecule has 0 aromatic carbocycles. The molecule has 5 nitrogen and oxygen atoms in total. The molecule has 4 aliphatic carbocycles. The highest BCUT2D eigenvalue weighted by Gasteiger charge is 2.63. The highest BCUT2D eigenvalue weighted by atomic mass is 16.5. The van der Waals surface area contributed by atoms with E-state index in [1.807, 2.05) is 6.08 Å². The first-order valence-electron chi connectivity index (χ1n) is 10.1. The molecule has 5 unspecified atom stereocenters. The van der Waals surface area contributed by atoms with Crippen LogP contribution in [0.2, 0.25) is 0 Å². The van der Waals surface area contributed by atoms with Gasteiger partial charge in [-0.05, 0) is 60.7 Å². The molecule has 0 saturated heterocycles. The van der Waals surface area contributed by atoms with E-state index >= 15 is 0 Å². The van der Waals surface area contributed by atoms with Gasteiger partial charge in [0.05, 0.1) is 18.3 Å². The van der Waals surface area contributed by atoms with Crippen molar-refractivity contribution >= 4 is 5.97 Å². The van der Waals surface area contributed by atoms with E-state index < -0.39 is 18.3 Å². The fourth-order valence-corrected chi connectivity index (χ4v) is 7.04. The number of carbonyl (C=O) groups is 1. The lowest BCUT2D eigenvalue weighted by Crippen LogP contribution is -2.60. The van der Waals surface area contributed by atoms with Gasteiger partial charge in [-0.25, -0.2) is 0 Å². The third-order valence-electron chi connectivity index (χ3n) is 8.30. The third-order valence-corrected chi connectivity index (χ3v) is 8.30. The normalized spacial score (nSPS) is 53.2. The van der Waals surface area contributed by atoms with Crippen LogP contribution in [0.25, 0.3) is 0 Å². The fraction of sp³-hybridized carbons (Fsp3) is 0.857. The Hall–Kier alpha value is -0.910. The molecule has 26 heavy (non-hydrogen) atoms. The van der Waals surface area contributed by atoms with Gasteiger partial charge in [0.25, 0.3) is 0 Å². The first-order valence-corrected chi connectivity index (χ1v) is 10.1. The molecule has 3 saturated carbocycles. The Morgan fingerprint density at radius 1 is 1.19 bits per heavy atom. The van der Waals surface area contributed by atoms with Gasteiger partial charge in [-0.15, -0.1) is 0 Å². The Kier molecular flexibility index (Phi) is 4.29. The van der Waals surface area contributed by atoms with E-state index in [2.05, 4.69) is 13.8 Å². The van der Waals surface area contributed by atoms with Crippen molar-refractivity contribution in [3.05, 3.63) is 11.6 Å². The van der Waals surface area contributed by atoms with Gasteiger partial charge in [0, 0.05) is 13.3 Å². The van der Waals surface area contributed by atoms with E-state index in [1.54, 1.807) is 0 Å². The quantitative estimate of drug-likeness (QED) is 0.490. The zero-order valence-electron chi connectivity index (χ0n) is 16.0. The summed E-state index contributed by atoms with van der Waals surface area (Å²) in [5, 5.41) is 32.7. The number of carbonyl (C=O) groups excluding carboxylic acids is 1. The van der Waals surface area contributed by atoms with Crippen molar-refractivity contribution in [3.8, 4) is 0 Å². The molecular formula is C21H32O5. The molecule has 9 atom stereocenters. The minimum Gasteiger partial charge on any atom is -0.462 e. The van der Waals surface area contributed by atoms with Crippen LogP contribution in [-0.4, -0.2) is 45.7 Å². The summed E-state index contributed by atoms with van der Waals surface area (Å²) in [6, 6.07) is 0. The number of hydrogen-bond donors (Lipinski definition) is 3. The first-order chi connectivity index (χ1) is 12.2. The minimum absolute atomic E-state index is 0.000784. The number of rotatable bonds is 1. The fourth-order valence-electron chi connectivity index (χ4n) is 7.04. The summed E-state index contributed by atoms with van der Waals surface area (Å²) in [6.07, 6.45) is 4.88. The van der Waals surface area contributed by atoms with Crippen LogP contribution in [0.4, 0.5) is 0 Å². The average molecular weight is 364 g/mol. The van der Waals surface area contributed by atoms with Crippen LogP contribution in [0.15, 0.2) is 11.6 Å². The maximum Gasteiger partial charge on any atom is 0.302 e. The molecule has 0 aromatic heterocycles. The Labute approximate surface area is 155 Å². The van der Waals surface area contributed by atoms with E-state index in [1.165, 1.54) is 6.92 Å². The Morgan fingerprint density at radius 2 is 1.92 bits per heavy atom. The van der Waals surface area contributed by atoms with E-state index in [4.69, 9.17) is 4.74 Å². The van der Waals surface area contributed by atoms with Crippen molar-refractivity contribution in [2.45, 2.75) is 83.7 Å². The lowest BCUT2D eigenvalue weighted by atomic mass is 9.46. The monoisotopic (exact) mass is 364 g/mol. The Morgan fingerprint density at radius 3 is 2.62 bits per heavy atom. The second-order valence-electron chi connectivity index (χ2n) is 9.65. The Balaban J connectivity index is 1.69. The number of ether oxygens (including phenoxy) is 1. The number of aliphatic hydroxyl groups excluding tert-OH is 3. The average Bonchev–Trinajstić information content (AvgIpc) is 2.83. The molecule has 0 spiro atoms. The molecule has 3 fully saturated rings. The zero-order valence-corrected chi connectivity index (χ0v) is 16.0. The molecule has 0 aliphatic heterocycles. The van der Waals surface area contributed by atoms with Crippen molar-refractivity contribution in [2.24, 2.45) is 28.6 Å². The minimum atomic E-state index is -0.608. The van der Waals surface area contributed by atoms with Crippen molar-refractivity contribution in [2.75, 3.05) is 0 Å². The maximum atomic E-state index is 11.3. The van der Waals surface area contributed by atoms with Crippen LogP contribution in [0, 0.1) is 28.6 Å². The predicted molar refractivity (Wildman–Crippen MR) is 96.0 cm³/mol. The summed E-state index contributed by atoms with van der Waals surface area (Å²) in [5.41, 5.74) is 0.650. The van der Waals surface area contributed by atoms with Gasteiger partial charge in [0.15, 0.2) is 0 Å². The van der Waals surface area contributed by atoms with Gasteiger partial charge in [-0.3, -0.25) is 4.79 Å². The molecule has 146 valence electrons. The molecule has 0 amide bonds. The molecule has 4 rings (SSSR count). The highest BCUT2D eigenvalue weighted by Crippen LogP contribution is 2.64. The molecule has 0 bridgehead atoms. The first kappa shape index (κ1) is 18.5. The van der Waals surface area contributed by atoms with E-state index in [0.29, 0.717) is 12.8 Å². The van der Waals surface area contributed by atoms with Crippen LogP contribution in [0.1, 0.15) is 59.3 Å². The smallest absolute Gasteiger partial charge is 0.302 e. The van der Waals surface area contributed by atoms with Crippen LogP contribution in [-0.2, 0) is 9.53 Å². The van der Waals surface area contributed by atoms with Crippen molar-refractivity contribution < 1.29 is 24.9 Å². The second kappa shape index (κ2) is 6.05. The van der Waals surface area contributed by atoms with Gasteiger partial charge in [0.1, 0.15) is 6.10 Å². The molecule has 0 heterocycles. The predicted octanol–water partition coefficient (Wildman–Crippen LogP) is 2.18. The summed E-state index contributed by atoms with van der Waals surface area (Å²) >= 11 is 0. The molecule has 5 heteroatoms. The number of esters is 1. The van der Waals surface area contributed by atoms with Crippen molar-refractivity contribution in [3.63, 3.8) is 0 Å². The van der Waals surface area contributed by atoms with Gasteiger partial charge >= 0.3 is 5.97 Å². The zero-order chi connectivity index (χ0) is 18.9. The van der Waals surface area contributed by atoms with Crippen LogP contribution in [0.5, 0.6) is 0 Å². The van der Waals surface area contributed by atoms with E-state index in [0.717, 1.165) is 31.3 Å². The SMILES string of the molecule is CC(=O)O[C@H]1CC[C@@]2(C)C(=CC(O)C3C2C(O)C[C@@]2(C)C3CC[C@@H]2O)C1.